The normalized spacial score (nSPS) is 25.0. The van der Waals surface area contributed by atoms with Gasteiger partial charge in [-0.2, -0.15) is 0 Å². The van der Waals surface area contributed by atoms with Crippen LogP contribution in [0, 0.1) is 6.57 Å². The van der Waals surface area contributed by atoms with Crippen LogP contribution in [-0.4, -0.2) is 79.7 Å². The van der Waals surface area contributed by atoms with Gasteiger partial charge in [0.25, 0.3) is 14.4 Å². The molecule has 1 amide bonds. The summed E-state index contributed by atoms with van der Waals surface area (Å²) in [6.07, 6.45) is 1.56. The number of aromatic nitrogens is 4. The minimum Gasteiger partial charge on any atom is -0.371 e. The van der Waals surface area contributed by atoms with Crippen molar-refractivity contribution < 1.29 is 24.7 Å². The van der Waals surface area contributed by atoms with E-state index in [4.69, 9.17) is 26.5 Å². The molecule has 12 nitrogen and oxygen atoms in total. The number of carbonyl (C=O) groups is 1. The van der Waals surface area contributed by atoms with Gasteiger partial charge < -0.3 is 28.7 Å². The lowest BCUT2D eigenvalue weighted by atomic mass is 9.92. The van der Waals surface area contributed by atoms with Crippen LogP contribution in [0.1, 0.15) is 59.0 Å². The summed E-state index contributed by atoms with van der Waals surface area (Å²) < 4.78 is 38.2. The van der Waals surface area contributed by atoms with Crippen LogP contribution in [-0.2, 0) is 18.5 Å². The Morgan fingerprint density at radius 2 is 2.07 bits per heavy atom. The third-order valence-electron chi connectivity index (χ3n) is 7.05. The molecule has 2 fully saturated rings. The average molecular weight is 583 g/mol. The van der Waals surface area contributed by atoms with Gasteiger partial charge in [-0.05, 0) is 46.7 Å². The van der Waals surface area contributed by atoms with Crippen molar-refractivity contribution in [1.82, 2.24) is 24.2 Å². The fraction of sp³-hybridized carbons (Fsp3) is 0.536. The Balaban J connectivity index is 1.45. The number of amides is 1. The quantitative estimate of drug-likeness (QED) is 0.193. The number of rotatable bonds is 11. The van der Waals surface area contributed by atoms with Crippen molar-refractivity contribution in [2.24, 2.45) is 0 Å². The van der Waals surface area contributed by atoms with E-state index < -0.39 is 32.6 Å². The molecule has 0 radical (unpaired) electrons. The molecule has 0 saturated carbocycles. The third-order valence-corrected chi connectivity index (χ3v) is 9.16. The standard InChI is InChI=1S/C28H36N7O5P/c1-18(2)35(19(3)4)41(38-15-13-29-6)40-23-22-27(39-28(23,5)12-14-37-22)34-17-32-21-24(30-16-31-25(21)34)33-26(36)20-10-8-7-9-11-20/h7-11,16-19,22-23,27H,12-15H2,1-5H3,(H,30,31,33,36)/t22?,23?,27-,28+,41?/m1/s1/i5D. The number of nitrogens with zero attached hydrogens (tertiary/aromatic N) is 6. The van der Waals surface area contributed by atoms with E-state index in [1.165, 1.54) is 6.33 Å². The number of ether oxygens (including phenoxy) is 2. The molecule has 3 unspecified atom stereocenters. The van der Waals surface area contributed by atoms with E-state index >= 15 is 0 Å². The largest absolute Gasteiger partial charge is 0.371 e. The molecule has 41 heavy (non-hydrogen) atoms. The highest BCUT2D eigenvalue weighted by Gasteiger charge is 2.59. The molecule has 2 bridgehead atoms. The van der Waals surface area contributed by atoms with Crippen LogP contribution in [0.25, 0.3) is 16.0 Å². The molecule has 218 valence electrons. The summed E-state index contributed by atoms with van der Waals surface area (Å²) in [7, 11) is -1.59. The zero-order valence-corrected chi connectivity index (χ0v) is 24.5. The molecular formula is C28H36N7O5P. The molecule has 2 aliphatic rings. The summed E-state index contributed by atoms with van der Waals surface area (Å²) in [4.78, 5) is 29.5. The predicted molar refractivity (Wildman–Crippen MR) is 154 cm³/mol. The topological polar surface area (TPSA) is 117 Å². The molecule has 2 aliphatic heterocycles. The maximum atomic E-state index is 12.8. The molecule has 0 spiro atoms. The highest BCUT2D eigenvalue weighted by Crippen LogP contribution is 2.54. The summed E-state index contributed by atoms with van der Waals surface area (Å²) in [6.45, 7) is 16.3. The van der Waals surface area contributed by atoms with E-state index in [1.807, 2.05) is 6.07 Å². The maximum absolute atomic E-state index is 12.8. The van der Waals surface area contributed by atoms with Gasteiger partial charge in [-0.3, -0.25) is 9.36 Å². The van der Waals surface area contributed by atoms with Gasteiger partial charge in [0.1, 0.15) is 25.1 Å². The molecule has 1 N–H and O–H groups in total. The summed E-state index contributed by atoms with van der Waals surface area (Å²) in [5.41, 5.74) is 0.411. The zero-order chi connectivity index (χ0) is 29.9. The van der Waals surface area contributed by atoms with E-state index in [0.29, 0.717) is 29.8 Å². The van der Waals surface area contributed by atoms with Crippen molar-refractivity contribution in [2.75, 3.05) is 25.1 Å². The number of carbonyl (C=O) groups excluding carboxylic acids is 1. The summed E-state index contributed by atoms with van der Waals surface area (Å²) in [6, 6.07) is 9.10. The van der Waals surface area contributed by atoms with Gasteiger partial charge in [0.2, 0.25) is 6.54 Å². The van der Waals surface area contributed by atoms with Gasteiger partial charge >= 0.3 is 0 Å². The number of hydrogen-bond acceptors (Lipinski definition) is 9. The molecule has 4 heterocycles. The minimum atomic E-state index is -1.59. The zero-order valence-electron chi connectivity index (χ0n) is 24.6. The molecule has 0 aliphatic carbocycles. The van der Waals surface area contributed by atoms with Crippen LogP contribution < -0.4 is 5.32 Å². The second-order valence-electron chi connectivity index (χ2n) is 10.6. The van der Waals surface area contributed by atoms with Crippen LogP contribution in [0.15, 0.2) is 43.0 Å². The third kappa shape index (κ3) is 5.97. The Morgan fingerprint density at radius 1 is 1.29 bits per heavy atom. The molecule has 5 rings (SSSR count). The van der Waals surface area contributed by atoms with E-state index in [1.54, 1.807) is 35.2 Å². The Labute approximate surface area is 242 Å². The fourth-order valence-electron chi connectivity index (χ4n) is 5.22. The van der Waals surface area contributed by atoms with Crippen LogP contribution >= 0.6 is 8.53 Å². The van der Waals surface area contributed by atoms with Gasteiger partial charge in [-0.25, -0.2) is 26.2 Å². The van der Waals surface area contributed by atoms with Gasteiger partial charge in [0.15, 0.2) is 23.2 Å². The number of nitrogens with one attached hydrogen (secondary N) is 1. The van der Waals surface area contributed by atoms with Crippen LogP contribution in [0.3, 0.4) is 0 Å². The fourth-order valence-corrected chi connectivity index (χ4v) is 7.02. The van der Waals surface area contributed by atoms with E-state index in [0.717, 1.165) is 0 Å². The number of hydrogen-bond donors (Lipinski definition) is 1. The van der Waals surface area contributed by atoms with Crippen molar-refractivity contribution in [3.05, 3.63) is 60.0 Å². The molecule has 5 atom stereocenters. The molecule has 2 saturated heterocycles. The summed E-state index contributed by atoms with van der Waals surface area (Å²) >= 11 is 0. The highest BCUT2D eigenvalue weighted by atomic mass is 31.2. The maximum Gasteiger partial charge on any atom is 0.259 e. The SMILES string of the molecule is [2H]C[C@]12CCOC(C1OP(OCC[N+]#[C-])N(C(C)C)C(C)C)[C@H](n1cnc3c(NC(=O)c4ccccc4)ncnc31)O2. The Hall–Kier alpha value is -3.04. The lowest BCUT2D eigenvalue weighted by Gasteiger charge is -2.41. The predicted octanol–water partition coefficient (Wildman–Crippen LogP) is 4.82. The smallest absolute Gasteiger partial charge is 0.259 e. The molecule has 13 heteroatoms. The molecule has 3 aromatic rings. The molecular weight excluding hydrogens is 545 g/mol. The summed E-state index contributed by atoms with van der Waals surface area (Å²) in [5.74, 6) is -0.0340. The number of imidazole rings is 1. The van der Waals surface area contributed by atoms with Crippen molar-refractivity contribution >= 4 is 31.4 Å². The van der Waals surface area contributed by atoms with Gasteiger partial charge in [-0.1, -0.05) is 18.2 Å². The van der Waals surface area contributed by atoms with Crippen LogP contribution in [0.4, 0.5) is 5.82 Å². The number of fused-ring (bicyclic) bond motifs is 3. The van der Waals surface area contributed by atoms with Crippen molar-refractivity contribution in [3.8, 4) is 0 Å². The summed E-state index contributed by atoms with van der Waals surface area (Å²) in [5, 5.41) is 2.83. The molecule has 2 aromatic heterocycles. The Bertz CT molecular complexity index is 1410. The monoisotopic (exact) mass is 582 g/mol. The van der Waals surface area contributed by atoms with E-state index in [-0.39, 0.29) is 43.9 Å². The first-order valence-electron chi connectivity index (χ1n) is 14.3. The van der Waals surface area contributed by atoms with Crippen molar-refractivity contribution in [1.29, 1.82) is 0 Å². The second kappa shape index (κ2) is 12.4. The van der Waals surface area contributed by atoms with E-state index in [9.17, 15) is 4.79 Å². The van der Waals surface area contributed by atoms with E-state index in [2.05, 4.69) is 57.5 Å². The number of anilines is 1. The van der Waals surface area contributed by atoms with Crippen molar-refractivity contribution in [2.45, 2.75) is 77.1 Å². The first kappa shape index (κ1) is 28.1. The lowest BCUT2D eigenvalue weighted by molar-refractivity contribution is -0.103. The molecule has 1 aromatic carbocycles. The first-order valence-corrected chi connectivity index (χ1v) is 14.8. The van der Waals surface area contributed by atoms with Gasteiger partial charge in [0, 0.05) is 25.4 Å². The average Bonchev–Trinajstić information content (AvgIpc) is 3.47. The van der Waals surface area contributed by atoms with Crippen LogP contribution in [0.5, 0.6) is 0 Å². The van der Waals surface area contributed by atoms with Crippen molar-refractivity contribution in [3.63, 3.8) is 0 Å². The second-order valence-corrected chi connectivity index (χ2v) is 12.0. The first-order chi connectivity index (χ1) is 20.3. The van der Waals surface area contributed by atoms with Gasteiger partial charge in [0.05, 0.1) is 18.5 Å². The van der Waals surface area contributed by atoms with Gasteiger partial charge in [-0.15, -0.1) is 0 Å². The highest BCUT2D eigenvalue weighted by molar-refractivity contribution is 7.44. The Morgan fingerprint density at radius 3 is 2.78 bits per heavy atom. The lowest BCUT2D eigenvalue weighted by Crippen LogP contribution is -2.49. The number of benzene rings is 1. The van der Waals surface area contributed by atoms with Crippen LogP contribution in [0.2, 0.25) is 0 Å². The minimum absolute atomic E-state index is 0.0391. The Kier molecular flexibility index (Phi) is 8.53.